The molecule has 1 aliphatic heterocycles. The van der Waals surface area contributed by atoms with Gasteiger partial charge in [-0.05, 0) is 17.5 Å². The Morgan fingerprint density at radius 3 is 3.00 bits per heavy atom. The van der Waals surface area contributed by atoms with Crippen LogP contribution in [0.2, 0.25) is 0 Å². The molecule has 0 radical (unpaired) electrons. The molecule has 0 aliphatic carbocycles. The Balaban J connectivity index is 1.72. The van der Waals surface area contributed by atoms with Crippen LogP contribution < -0.4 is 10.6 Å². The molecule has 0 aromatic carbocycles. The molecule has 0 atom stereocenters. The van der Waals surface area contributed by atoms with Crippen LogP contribution in [-0.2, 0) is 0 Å². The van der Waals surface area contributed by atoms with Crippen LogP contribution in [0, 0.1) is 0 Å². The van der Waals surface area contributed by atoms with Crippen LogP contribution >= 0.6 is 11.3 Å². The van der Waals surface area contributed by atoms with Crippen LogP contribution in [0.5, 0.6) is 0 Å². The predicted octanol–water partition coefficient (Wildman–Crippen LogP) is 1.02. The Morgan fingerprint density at radius 2 is 2.31 bits per heavy atom. The van der Waals surface area contributed by atoms with Crippen molar-refractivity contribution in [3.63, 3.8) is 0 Å². The SMILES string of the molecule is c1csc(NCN2CCNCC2)c1. The summed E-state index contributed by atoms with van der Waals surface area (Å²) < 4.78 is 0. The van der Waals surface area contributed by atoms with Crippen molar-refractivity contribution >= 4 is 16.3 Å². The summed E-state index contributed by atoms with van der Waals surface area (Å²) in [5.74, 6) is 0. The summed E-state index contributed by atoms with van der Waals surface area (Å²) in [7, 11) is 0. The highest BCUT2D eigenvalue weighted by Crippen LogP contribution is 2.14. The third-order valence-electron chi connectivity index (χ3n) is 2.21. The van der Waals surface area contributed by atoms with E-state index in [2.05, 4.69) is 33.0 Å². The Kier molecular flexibility index (Phi) is 3.18. The molecule has 0 spiro atoms. The van der Waals surface area contributed by atoms with Crippen LogP contribution in [0.4, 0.5) is 5.00 Å². The lowest BCUT2D eigenvalue weighted by Crippen LogP contribution is -2.45. The van der Waals surface area contributed by atoms with Gasteiger partial charge >= 0.3 is 0 Å². The molecule has 2 rings (SSSR count). The largest absolute Gasteiger partial charge is 0.364 e. The van der Waals surface area contributed by atoms with Gasteiger partial charge in [-0.2, -0.15) is 0 Å². The van der Waals surface area contributed by atoms with Crippen molar-refractivity contribution in [2.24, 2.45) is 0 Å². The van der Waals surface area contributed by atoms with E-state index in [1.54, 1.807) is 11.3 Å². The zero-order valence-electron chi connectivity index (χ0n) is 7.62. The van der Waals surface area contributed by atoms with Crippen molar-refractivity contribution in [1.82, 2.24) is 10.2 Å². The smallest absolute Gasteiger partial charge is 0.0892 e. The predicted molar refractivity (Wildman–Crippen MR) is 57.3 cm³/mol. The molecule has 0 amide bonds. The van der Waals surface area contributed by atoms with Crippen LogP contribution in [0.15, 0.2) is 17.5 Å². The fourth-order valence-electron chi connectivity index (χ4n) is 1.44. The molecule has 1 fully saturated rings. The minimum absolute atomic E-state index is 0.974. The fraction of sp³-hybridized carbons (Fsp3) is 0.556. The van der Waals surface area contributed by atoms with Crippen molar-refractivity contribution in [2.45, 2.75) is 0 Å². The van der Waals surface area contributed by atoms with Gasteiger partial charge in [-0.1, -0.05) is 0 Å². The third kappa shape index (κ3) is 2.69. The second-order valence-electron chi connectivity index (χ2n) is 3.18. The molecular weight excluding hydrogens is 182 g/mol. The maximum Gasteiger partial charge on any atom is 0.0892 e. The first-order valence-corrected chi connectivity index (χ1v) is 5.53. The summed E-state index contributed by atoms with van der Waals surface area (Å²) in [6.07, 6.45) is 0. The lowest BCUT2D eigenvalue weighted by Gasteiger charge is -2.27. The lowest BCUT2D eigenvalue weighted by atomic mass is 10.4. The summed E-state index contributed by atoms with van der Waals surface area (Å²) in [5, 5.41) is 10.1. The van der Waals surface area contributed by atoms with Gasteiger partial charge < -0.3 is 10.6 Å². The van der Waals surface area contributed by atoms with Crippen LogP contribution in [-0.4, -0.2) is 37.7 Å². The van der Waals surface area contributed by atoms with E-state index in [9.17, 15) is 0 Å². The molecule has 2 N–H and O–H groups in total. The van der Waals surface area contributed by atoms with Gasteiger partial charge in [0.05, 0.1) is 11.7 Å². The van der Waals surface area contributed by atoms with Gasteiger partial charge in [0.2, 0.25) is 0 Å². The quantitative estimate of drug-likeness (QED) is 0.757. The molecule has 1 aromatic rings. The van der Waals surface area contributed by atoms with Gasteiger partial charge in [-0.3, -0.25) is 4.90 Å². The number of hydrogen-bond donors (Lipinski definition) is 2. The van der Waals surface area contributed by atoms with E-state index in [1.165, 1.54) is 5.00 Å². The minimum Gasteiger partial charge on any atom is -0.364 e. The maximum absolute atomic E-state index is 3.41. The Morgan fingerprint density at radius 1 is 1.46 bits per heavy atom. The molecular formula is C9H15N3S. The van der Waals surface area contributed by atoms with Gasteiger partial charge in [0.1, 0.15) is 0 Å². The molecule has 0 unspecified atom stereocenters. The Hall–Kier alpha value is -0.580. The molecule has 4 heteroatoms. The van der Waals surface area contributed by atoms with Gasteiger partial charge in [-0.15, -0.1) is 11.3 Å². The number of rotatable bonds is 3. The lowest BCUT2D eigenvalue weighted by molar-refractivity contribution is 0.257. The van der Waals surface area contributed by atoms with E-state index in [1.807, 2.05) is 0 Å². The van der Waals surface area contributed by atoms with Crippen molar-refractivity contribution < 1.29 is 0 Å². The second kappa shape index (κ2) is 4.60. The molecule has 3 nitrogen and oxygen atoms in total. The van der Waals surface area contributed by atoms with Crippen molar-refractivity contribution in [3.05, 3.63) is 17.5 Å². The fourth-order valence-corrected chi connectivity index (χ4v) is 2.05. The van der Waals surface area contributed by atoms with E-state index >= 15 is 0 Å². The highest BCUT2D eigenvalue weighted by molar-refractivity contribution is 7.14. The average Bonchev–Trinajstić information content (AvgIpc) is 2.69. The molecule has 1 aromatic heterocycles. The van der Waals surface area contributed by atoms with Gasteiger partial charge in [0.15, 0.2) is 0 Å². The summed E-state index contributed by atoms with van der Waals surface area (Å²) in [5.41, 5.74) is 0. The van der Waals surface area contributed by atoms with Gasteiger partial charge in [0.25, 0.3) is 0 Å². The molecule has 1 saturated heterocycles. The topological polar surface area (TPSA) is 27.3 Å². The highest BCUT2D eigenvalue weighted by Gasteiger charge is 2.08. The van der Waals surface area contributed by atoms with E-state index in [4.69, 9.17) is 0 Å². The monoisotopic (exact) mass is 197 g/mol. The number of piperazine rings is 1. The highest BCUT2D eigenvalue weighted by atomic mass is 32.1. The average molecular weight is 197 g/mol. The number of nitrogens with one attached hydrogen (secondary N) is 2. The summed E-state index contributed by atoms with van der Waals surface area (Å²) in [6.45, 7) is 5.51. The first-order valence-electron chi connectivity index (χ1n) is 4.65. The van der Waals surface area contributed by atoms with Gasteiger partial charge in [-0.25, -0.2) is 0 Å². The molecule has 2 heterocycles. The van der Waals surface area contributed by atoms with Crippen LogP contribution in [0.1, 0.15) is 0 Å². The third-order valence-corrected chi connectivity index (χ3v) is 3.04. The summed E-state index contributed by atoms with van der Waals surface area (Å²) in [6, 6.07) is 4.19. The zero-order valence-corrected chi connectivity index (χ0v) is 8.44. The minimum atomic E-state index is 0.974. The van der Waals surface area contributed by atoms with E-state index in [0.29, 0.717) is 0 Å². The summed E-state index contributed by atoms with van der Waals surface area (Å²) >= 11 is 1.76. The molecule has 1 aliphatic rings. The number of hydrogen-bond acceptors (Lipinski definition) is 4. The Labute approximate surface area is 82.8 Å². The van der Waals surface area contributed by atoms with E-state index in [0.717, 1.165) is 32.8 Å². The van der Waals surface area contributed by atoms with Crippen molar-refractivity contribution in [2.75, 3.05) is 38.2 Å². The second-order valence-corrected chi connectivity index (χ2v) is 4.13. The number of anilines is 1. The first kappa shape index (κ1) is 8.99. The van der Waals surface area contributed by atoms with Crippen molar-refractivity contribution in [1.29, 1.82) is 0 Å². The maximum atomic E-state index is 3.41. The molecule has 0 bridgehead atoms. The van der Waals surface area contributed by atoms with Gasteiger partial charge in [0, 0.05) is 26.2 Å². The molecule has 0 saturated carbocycles. The van der Waals surface area contributed by atoms with Crippen molar-refractivity contribution in [3.8, 4) is 0 Å². The van der Waals surface area contributed by atoms with E-state index in [-0.39, 0.29) is 0 Å². The van der Waals surface area contributed by atoms with Crippen LogP contribution in [0.25, 0.3) is 0 Å². The number of nitrogens with zero attached hydrogens (tertiary/aromatic N) is 1. The normalized spacial score (nSPS) is 18.8. The standard InChI is InChI=1S/C9H15N3S/c1-2-9(13-7-1)11-8-12-5-3-10-4-6-12/h1-2,7,10-11H,3-6,8H2. The molecule has 13 heavy (non-hydrogen) atoms. The zero-order chi connectivity index (χ0) is 8.93. The number of thiophene rings is 1. The molecule has 72 valence electrons. The first-order chi connectivity index (χ1) is 6.45. The van der Waals surface area contributed by atoms with Crippen LogP contribution in [0.3, 0.4) is 0 Å². The Bertz CT molecular complexity index is 229. The van der Waals surface area contributed by atoms with E-state index < -0.39 is 0 Å². The summed E-state index contributed by atoms with van der Waals surface area (Å²) in [4.78, 5) is 2.43.